The summed E-state index contributed by atoms with van der Waals surface area (Å²) in [5.74, 6) is 0.585. The highest BCUT2D eigenvalue weighted by Gasteiger charge is 2.28. The number of rotatable bonds is 2. The molecule has 0 aliphatic heterocycles. The van der Waals surface area contributed by atoms with Gasteiger partial charge < -0.3 is 4.57 Å². The monoisotopic (exact) mass is 437 g/mol. The van der Waals surface area contributed by atoms with Gasteiger partial charge in [-0.25, -0.2) is 0 Å². The molecule has 1 nitrogen and oxygen atoms in total. The lowest BCUT2D eigenvalue weighted by molar-refractivity contribution is 0.644. The predicted octanol–water partition coefficient (Wildman–Crippen LogP) is 8.66. The van der Waals surface area contributed by atoms with E-state index in [0.717, 1.165) is 6.42 Å². The number of allylic oxidation sites excluding steroid dienone is 4. The highest BCUT2D eigenvalue weighted by Crippen LogP contribution is 2.45. The van der Waals surface area contributed by atoms with Gasteiger partial charge in [0.2, 0.25) is 0 Å². The van der Waals surface area contributed by atoms with Crippen molar-refractivity contribution in [1.82, 2.24) is 4.57 Å². The Hall–Kier alpha value is -3.84. The van der Waals surface area contributed by atoms with Gasteiger partial charge in [0.05, 0.1) is 11.0 Å². The molecule has 0 amide bonds. The highest BCUT2D eigenvalue weighted by molar-refractivity contribution is 6.12. The van der Waals surface area contributed by atoms with Gasteiger partial charge in [0, 0.05) is 16.5 Å². The van der Waals surface area contributed by atoms with Crippen LogP contribution in [-0.4, -0.2) is 4.57 Å². The van der Waals surface area contributed by atoms with Crippen molar-refractivity contribution in [1.29, 1.82) is 0 Å². The molecule has 0 saturated heterocycles. The number of aromatic nitrogens is 1. The van der Waals surface area contributed by atoms with E-state index in [0.29, 0.717) is 5.92 Å². The van der Waals surface area contributed by atoms with Crippen molar-refractivity contribution < 1.29 is 0 Å². The fraction of sp³-hybridized carbons (Fsp3) is 0.152. The minimum absolute atomic E-state index is 0.585. The molecule has 1 aromatic heterocycles. The number of hydrogen-bond donors (Lipinski definition) is 0. The third kappa shape index (κ3) is 2.80. The Bertz CT molecular complexity index is 1640. The molecule has 1 heteroatoms. The zero-order valence-corrected chi connectivity index (χ0v) is 19.7. The zero-order chi connectivity index (χ0) is 22.8. The van der Waals surface area contributed by atoms with E-state index in [-0.39, 0.29) is 0 Å². The van der Waals surface area contributed by atoms with E-state index in [1.807, 2.05) is 0 Å². The molecule has 1 heterocycles. The van der Waals surface area contributed by atoms with Crippen molar-refractivity contribution in [3.05, 3.63) is 119 Å². The molecule has 0 spiro atoms. The van der Waals surface area contributed by atoms with Crippen molar-refractivity contribution in [2.75, 3.05) is 0 Å². The quantitative estimate of drug-likeness (QED) is 0.260. The number of nitrogens with zero attached hydrogens (tertiary/aromatic N) is 1. The summed E-state index contributed by atoms with van der Waals surface area (Å²) in [6.07, 6.45) is 7.10. The molecular weight excluding hydrogens is 410 g/mol. The van der Waals surface area contributed by atoms with E-state index >= 15 is 0 Å². The van der Waals surface area contributed by atoms with Crippen LogP contribution in [0.25, 0.3) is 44.2 Å². The Balaban J connectivity index is 1.54. The third-order valence-corrected chi connectivity index (χ3v) is 7.79. The average Bonchev–Trinajstić information content (AvgIpc) is 2.98. The van der Waals surface area contributed by atoms with Crippen molar-refractivity contribution in [3.8, 4) is 16.8 Å². The first-order valence-electron chi connectivity index (χ1n) is 12.3. The molecule has 0 fully saturated rings. The van der Waals surface area contributed by atoms with Crippen LogP contribution in [0.5, 0.6) is 0 Å². The van der Waals surface area contributed by atoms with Gasteiger partial charge in [-0.1, -0.05) is 78.4 Å². The van der Waals surface area contributed by atoms with Gasteiger partial charge in [-0.05, 0) is 90.3 Å². The molecule has 34 heavy (non-hydrogen) atoms. The Morgan fingerprint density at radius 3 is 2.26 bits per heavy atom. The van der Waals surface area contributed by atoms with Gasteiger partial charge in [-0.2, -0.15) is 0 Å². The highest BCUT2D eigenvalue weighted by atomic mass is 15.0. The second-order valence-electron chi connectivity index (χ2n) is 9.93. The Labute approximate surface area is 200 Å². The summed E-state index contributed by atoms with van der Waals surface area (Å²) in [6, 6.07) is 31.1. The number of para-hydroxylation sites is 1. The van der Waals surface area contributed by atoms with Gasteiger partial charge >= 0.3 is 0 Å². The maximum absolute atomic E-state index is 2.51. The first-order valence-corrected chi connectivity index (χ1v) is 12.3. The van der Waals surface area contributed by atoms with Crippen LogP contribution in [0.15, 0.2) is 103 Å². The first kappa shape index (κ1) is 19.6. The van der Waals surface area contributed by atoms with E-state index in [2.05, 4.69) is 115 Å². The number of benzene rings is 4. The summed E-state index contributed by atoms with van der Waals surface area (Å²) in [6.45, 7) is 4.62. The van der Waals surface area contributed by atoms with Gasteiger partial charge in [0.25, 0.3) is 0 Å². The van der Waals surface area contributed by atoms with E-state index in [1.54, 1.807) is 0 Å². The molecule has 2 bridgehead atoms. The summed E-state index contributed by atoms with van der Waals surface area (Å²) < 4.78 is 2.51. The SMILES string of the molecule is CC1=C2C=CC(C1)Cc1c2c(C)cc2c3ccccc3n(-c3ccc(-c4ccccc4)cc3)c12. The van der Waals surface area contributed by atoms with Crippen LogP contribution in [-0.2, 0) is 6.42 Å². The van der Waals surface area contributed by atoms with Crippen LogP contribution in [0.1, 0.15) is 30.0 Å². The number of hydrogen-bond acceptors (Lipinski definition) is 0. The molecule has 8 rings (SSSR count). The largest absolute Gasteiger partial charge is 0.309 e. The Morgan fingerprint density at radius 1 is 0.735 bits per heavy atom. The van der Waals surface area contributed by atoms with Crippen molar-refractivity contribution >= 4 is 27.4 Å². The molecule has 164 valence electrons. The van der Waals surface area contributed by atoms with Crippen LogP contribution < -0.4 is 0 Å². The average molecular weight is 438 g/mol. The van der Waals surface area contributed by atoms with Crippen molar-refractivity contribution in [2.24, 2.45) is 5.92 Å². The molecule has 0 radical (unpaired) electrons. The van der Waals surface area contributed by atoms with Crippen LogP contribution >= 0.6 is 0 Å². The molecule has 1 unspecified atom stereocenters. The fourth-order valence-electron chi connectivity index (χ4n) is 6.27. The molecule has 3 aliphatic rings. The molecule has 0 N–H and O–H groups in total. The summed E-state index contributed by atoms with van der Waals surface area (Å²) in [4.78, 5) is 0. The van der Waals surface area contributed by atoms with Crippen LogP contribution in [0, 0.1) is 12.8 Å². The summed E-state index contributed by atoms with van der Waals surface area (Å²) >= 11 is 0. The maximum Gasteiger partial charge on any atom is 0.0579 e. The van der Waals surface area contributed by atoms with Crippen molar-refractivity contribution in [3.63, 3.8) is 0 Å². The third-order valence-electron chi connectivity index (χ3n) is 7.79. The number of fused-ring (bicyclic) bond motifs is 4. The predicted molar refractivity (Wildman–Crippen MR) is 144 cm³/mol. The van der Waals surface area contributed by atoms with E-state index in [4.69, 9.17) is 0 Å². The minimum atomic E-state index is 0.585. The van der Waals surface area contributed by atoms with Crippen LogP contribution in [0.3, 0.4) is 0 Å². The van der Waals surface area contributed by atoms with Gasteiger partial charge in [0.1, 0.15) is 0 Å². The molecule has 0 saturated carbocycles. The lowest BCUT2D eigenvalue weighted by Gasteiger charge is -2.17. The topological polar surface area (TPSA) is 4.93 Å². The second-order valence-corrected chi connectivity index (χ2v) is 9.93. The van der Waals surface area contributed by atoms with Crippen LogP contribution in [0.4, 0.5) is 0 Å². The fourth-order valence-corrected chi connectivity index (χ4v) is 6.27. The second kappa shape index (κ2) is 7.33. The normalized spacial score (nSPS) is 16.9. The standard InChI is InChI=1S/C33H27N/c1-21-18-23-12-17-27(21)32-22(2)19-29-28-10-6-7-11-31(28)34(33(29)30(32)20-23)26-15-13-25(14-16-26)24-8-4-3-5-9-24/h3-17,19,23H,18,20H2,1-2H3. The number of aryl methyl sites for hydroxylation is 1. The maximum atomic E-state index is 2.51. The summed E-state index contributed by atoms with van der Waals surface area (Å²) in [5.41, 5.74) is 13.8. The first-order chi connectivity index (χ1) is 16.7. The molecular formula is C33H27N. The lowest BCUT2D eigenvalue weighted by Crippen LogP contribution is -2.04. The van der Waals surface area contributed by atoms with E-state index in [9.17, 15) is 0 Å². The summed E-state index contributed by atoms with van der Waals surface area (Å²) in [5, 5.41) is 2.71. The smallest absolute Gasteiger partial charge is 0.0579 e. The molecule has 3 aliphatic carbocycles. The lowest BCUT2D eigenvalue weighted by atomic mass is 9.90. The van der Waals surface area contributed by atoms with Gasteiger partial charge in [0.15, 0.2) is 0 Å². The van der Waals surface area contributed by atoms with Crippen molar-refractivity contribution in [2.45, 2.75) is 26.7 Å². The summed E-state index contributed by atoms with van der Waals surface area (Å²) in [7, 11) is 0. The Morgan fingerprint density at radius 2 is 1.47 bits per heavy atom. The molecule has 1 atom stereocenters. The molecule has 4 aromatic carbocycles. The molecule has 5 aromatic rings. The van der Waals surface area contributed by atoms with Gasteiger partial charge in [-0.3, -0.25) is 0 Å². The van der Waals surface area contributed by atoms with Crippen LogP contribution in [0.2, 0.25) is 0 Å². The Kier molecular flexibility index (Phi) is 4.23. The zero-order valence-electron chi connectivity index (χ0n) is 19.7. The van der Waals surface area contributed by atoms with E-state index < -0.39 is 0 Å². The van der Waals surface area contributed by atoms with Gasteiger partial charge in [-0.15, -0.1) is 0 Å². The minimum Gasteiger partial charge on any atom is -0.309 e. The van der Waals surface area contributed by atoms with E-state index in [1.165, 1.54) is 72.9 Å².